The normalized spacial score (nSPS) is 19.8. The van der Waals surface area contributed by atoms with Gasteiger partial charge in [0.2, 0.25) is 17.2 Å². The average Bonchev–Trinajstić information content (AvgIpc) is 4.16. The fourth-order valence-electron chi connectivity index (χ4n) is 11.7. The molecule has 0 amide bonds. The van der Waals surface area contributed by atoms with E-state index in [1.165, 1.54) is 18.6 Å². The van der Waals surface area contributed by atoms with Gasteiger partial charge in [-0.1, -0.05) is 41.5 Å². The van der Waals surface area contributed by atoms with Crippen LogP contribution in [0.4, 0.5) is 20.4 Å². The van der Waals surface area contributed by atoms with E-state index in [1.54, 1.807) is 46.0 Å². The number of rotatable bonds is 10. The molecule has 0 unspecified atom stereocenters. The van der Waals surface area contributed by atoms with Crippen LogP contribution in [0.3, 0.4) is 0 Å². The highest BCUT2D eigenvalue weighted by molar-refractivity contribution is 7.91. The number of anilines is 2. The van der Waals surface area contributed by atoms with Crippen LogP contribution < -0.4 is 24.7 Å². The zero-order chi connectivity index (χ0) is 57.4. The highest BCUT2D eigenvalue weighted by atomic mass is 35.5. The molecule has 2 saturated heterocycles. The van der Waals surface area contributed by atoms with Crippen molar-refractivity contribution in [2.24, 2.45) is 0 Å². The van der Waals surface area contributed by atoms with E-state index in [0.29, 0.717) is 101 Å². The van der Waals surface area contributed by atoms with Gasteiger partial charge < -0.3 is 48.0 Å². The molecule has 78 heavy (non-hydrogen) atoms. The number of fused-ring (bicyclic) bond motifs is 8. The van der Waals surface area contributed by atoms with Crippen LogP contribution in [0.5, 0.6) is 11.5 Å². The van der Waals surface area contributed by atoms with Crippen LogP contribution >= 0.6 is 11.6 Å². The largest absolute Gasteiger partial charge is 0.493 e. The van der Waals surface area contributed by atoms with Gasteiger partial charge in [0.15, 0.2) is 56.9 Å². The summed E-state index contributed by atoms with van der Waals surface area (Å²) in [4.78, 5) is 32.6. The topological polar surface area (TPSA) is 250 Å². The minimum Gasteiger partial charge on any atom is -0.486 e. The number of nitrogens with zero attached hydrogens (tertiary/aromatic N) is 9. The van der Waals surface area contributed by atoms with E-state index in [2.05, 4.69) is 85.5 Å². The molecule has 0 aliphatic carbocycles. The summed E-state index contributed by atoms with van der Waals surface area (Å²) in [6.07, 6.45) is 8.91. The number of hydrogen-bond donors (Lipinski definition) is 3. The Morgan fingerprint density at radius 1 is 0.718 bits per heavy atom. The van der Waals surface area contributed by atoms with Gasteiger partial charge in [-0.25, -0.2) is 41.8 Å². The van der Waals surface area contributed by atoms with Gasteiger partial charge in [0.05, 0.1) is 79.6 Å². The number of halogens is 3. The lowest BCUT2D eigenvalue weighted by atomic mass is 9.79. The molecule has 2 fully saturated rings. The van der Waals surface area contributed by atoms with Crippen molar-refractivity contribution in [1.29, 1.82) is 0 Å². The first-order valence-corrected chi connectivity index (χ1v) is 32.2. The van der Waals surface area contributed by atoms with E-state index in [-0.39, 0.29) is 52.0 Å². The number of aromatic amines is 1. The molecule has 0 radical (unpaired) electrons. The quantitative estimate of drug-likeness (QED) is 0.0733. The molecule has 0 saturated carbocycles. The monoisotopic (exact) mass is 1160 g/mol. The maximum Gasteiger partial charge on any atom is 0.493 e. The second-order valence-electron chi connectivity index (χ2n) is 22.5. The molecular formula is C51H70BClF2N10O10S2Si. The van der Waals surface area contributed by atoms with Crippen molar-refractivity contribution < 1.29 is 54.6 Å². The summed E-state index contributed by atoms with van der Waals surface area (Å²) in [6, 6.07) is 3.51. The van der Waals surface area contributed by atoms with Crippen LogP contribution in [0.25, 0.3) is 33.2 Å². The fourth-order valence-corrected chi connectivity index (χ4v) is 19.4. The van der Waals surface area contributed by atoms with Crippen molar-refractivity contribution in [3.05, 3.63) is 65.5 Å². The molecule has 0 spiro atoms. The molecule has 10 heterocycles. The van der Waals surface area contributed by atoms with Crippen molar-refractivity contribution in [3.8, 4) is 22.9 Å². The Labute approximate surface area is 460 Å². The molecule has 27 heteroatoms. The van der Waals surface area contributed by atoms with Gasteiger partial charge in [0, 0.05) is 34.9 Å². The minimum atomic E-state index is -3.60. The summed E-state index contributed by atoms with van der Waals surface area (Å²) in [5, 5.41) is 20.1. The van der Waals surface area contributed by atoms with Gasteiger partial charge in [-0.05, 0) is 88.1 Å². The number of sulfone groups is 2. The fraction of sp³-hybridized carbons (Fsp3) is 0.569. The lowest BCUT2D eigenvalue weighted by molar-refractivity contribution is 0.0482. The van der Waals surface area contributed by atoms with Gasteiger partial charge in [0.25, 0.3) is 0 Å². The Kier molecular flexibility index (Phi) is 16.5. The Bertz CT molecular complexity index is 3440. The number of hydrogen-bond acceptors (Lipinski definition) is 18. The van der Waals surface area contributed by atoms with E-state index in [1.807, 2.05) is 20.0 Å². The number of nitrogens with one attached hydrogen (secondary N) is 1. The zero-order valence-corrected chi connectivity index (χ0v) is 49.9. The van der Waals surface area contributed by atoms with Crippen molar-refractivity contribution in [2.75, 3.05) is 62.0 Å². The molecular weight excluding hydrogens is 1090 g/mol. The van der Waals surface area contributed by atoms with Crippen LogP contribution in [-0.2, 0) is 38.6 Å². The molecule has 20 nitrogen and oxygen atoms in total. The average molecular weight is 1160 g/mol. The third-order valence-electron chi connectivity index (χ3n) is 16.0. The van der Waals surface area contributed by atoms with Crippen LogP contribution in [-0.4, -0.2) is 158 Å². The summed E-state index contributed by atoms with van der Waals surface area (Å²) in [7, 11) is -10.9. The van der Waals surface area contributed by atoms with Crippen molar-refractivity contribution >= 4 is 85.5 Å². The molecule has 0 bridgehead atoms. The van der Waals surface area contributed by atoms with Gasteiger partial charge in [-0.2, -0.15) is 13.8 Å². The summed E-state index contributed by atoms with van der Waals surface area (Å²) < 4.78 is 102. The van der Waals surface area contributed by atoms with Gasteiger partial charge in [0.1, 0.15) is 34.1 Å². The molecule has 4 atom stereocenters. The van der Waals surface area contributed by atoms with Gasteiger partial charge in [-0.15, -0.1) is 0 Å². The van der Waals surface area contributed by atoms with Crippen LogP contribution in [0, 0.1) is 11.9 Å². The second-order valence-corrected chi connectivity index (χ2v) is 33.7. The maximum absolute atomic E-state index is 15.0. The Morgan fingerprint density at radius 2 is 1.22 bits per heavy atom. The predicted octanol–water partition coefficient (Wildman–Crippen LogP) is 6.70. The standard InChI is InChI=1S/C21H24FN5O4S.C16H26BFN2O2Si.C14H20ClN3O4S/c1-11-8-30-9-12-10-31-16-17(21(2,3)32(4,28)29)25-19(26-20(16)27(11)12)15-13-5-6-23-14(13)7-24-18(15)22;1-10(2)23(11(3)4,12(5)6)20-8-7-13-14(20)9-19-16(18)15(13)17(21)22;1-8-5-21-6-9-7-22-10-11(14(2,3)23(4,19)20)16-13(15)17-12(10)18(8)9/h5-7,11-12,23H,8-10H2,1-4H3;7-12,21-22H,1-6H3;8-9H,5-7H2,1-4H3/t11-,12+;;8-,9+/m1.1/s1. The number of ether oxygens (including phenoxy) is 4. The molecule has 4 aliphatic rings. The zero-order valence-electron chi connectivity index (χ0n) is 46.5. The summed E-state index contributed by atoms with van der Waals surface area (Å²) >= 11 is 6.09. The highest BCUT2D eigenvalue weighted by Crippen LogP contribution is 2.48. The van der Waals surface area contributed by atoms with E-state index in [0.717, 1.165) is 11.8 Å². The molecule has 6 aromatic heterocycles. The predicted molar refractivity (Wildman–Crippen MR) is 300 cm³/mol. The highest BCUT2D eigenvalue weighted by Gasteiger charge is 2.48. The number of H-pyrrole nitrogens is 1. The molecule has 10 rings (SSSR count). The number of aromatic nitrogens is 8. The lowest BCUT2D eigenvalue weighted by Crippen LogP contribution is -2.56. The van der Waals surface area contributed by atoms with E-state index in [4.69, 9.17) is 35.5 Å². The summed E-state index contributed by atoms with van der Waals surface area (Å²) in [5.41, 5.74) is 3.32. The van der Waals surface area contributed by atoms with E-state index < -0.39 is 56.4 Å². The summed E-state index contributed by atoms with van der Waals surface area (Å²) in [5.74, 6) is 0.205. The molecule has 424 valence electrons. The molecule has 3 N–H and O–H groups in total. The second kappa shape index (κ2) is 21.8. The molecule has 4 aliphatic heterocycles. The molecule has 0 aromatic carbocycles. The third-order valence-corrected chi connectivity index (χ3v) is 27.1. The molecule has 6 aromatic rings. The van der Waals surface area contributed by atoms with Gasteiger partial charge >= 0.3 is 7.12 Å². The van der Waals surface area contributed by atoms with E-state index >= 15 is 0 Å². The first-order chi connectivity index (χ1) is 36.4. The van der Waals surface area contributed by atoms with Crippen molar-refractivity contribution in [1.82, 2.24) is 39.1 Å². The van der Waals surface area contributed by atoms with Crippen LogP contribution in [0.1, 0.15) is 94.5 Å². The van der Waals surface area contributed by atoms with Crippen LogP contribution in [0.2, 0.25) is 21.9 Å². The first kappa shape index (κ1) is 59.0. The third kappa shape index (κ3) is 10.2. The SMILES string of the molecule is CC(C)[Si](C(C)C)(C(C)C)n1ccc2c(B(O)O)c(F)ncc21.C[C@@H]1COC[C@H]2COc3c(nc(-c4c(F)ncc5[nH]ccc45)nc3C(C)(C)S(C)(=O)=O)N21.C[C@@H]1COC[C@H]2COc3c(nc(Cl)nc3C(C)(C)S(C)(=O)=O)N21. The maximum atomic E-state index is 15.0. The Morgan fingerprint density at radius 3 is 1.72 bits per heavy atom. The first-order valence-electron chi connectivity index (χ1n) is 25.9. The number of morpholine rings is 2. The lowest BCUT2D eigenvalue weighted by Gasteiger charge is -2.45. The number of pyridine rings is 2. The Hall–Kier alpha value is -5.09. The minimum absolute atomic E-state index is 0.0124. The van der Waals surface area contributed by atoms with Crippen molar-refractivity contribution in [3.63, 3.8) is 0 Å². The Balaban J connectivity index is 0.000000158. The van der Waals surface area contributed by atoms with E-state index in [9.17, 15) is 35.7 Å². The van der Waals surface area contributed by atoms with Crippen LogP contribution in [0.15, 0.2) is 36.9 Å². The van der Waals surface area contributed by atoms with Crippen molar-refractivity contribution in [2.45, 2.75) is 133 Å². The van der Waals surface area contributed by atoms with Gasteiger partial charge in [-0.3, -0.25) is 0 Å². The smallest absolute Gasteiger partial charge is 0.486 e. The summed E-state index contributed by atoms with van der Waals surface area (Å²) in [6.45, 7) is 26.6.